The summed E-state index contributed by atoms with van der Waals surface area (Å²) in [6.07, 6.45) is 5.98. The van der Waals surface area contributed by atoms with Crippen LogP contribution in [0.15, 0.2) is 0 Å². The minimum absolute atomic E-state index is 0.151. The Morgan fingerprint density at radius 2 is 1.95 bits per heavy atom. The largest absolute Gasteiger partial charge is 0.388 e. The molecule has 1 aromatic heterocycles. The van der Waals surface area contributed by atoms with E-state index in [9.17, 15) is 9.90 Å². The third-order valence-electron chi connectivity index (χ3n) is 3.97. The average Bonchev–Trinajstić information content (AvgIpc) is 2.59. The van der Waals surface area contributed by atoms with Gasteiger partial charge in [-0.3, -0.25) is 9.89 Å². The lowest BCUT2D eigenvalue weighted by Gasteiger charge is -2.26. The second kappa shape index (κ2) is 5.74. The zero-order valence-corrected chi connectivity index (χ0v) is 11.8. The fourth-order valence-electron chi connectivity index (χ4n) is 2.78. The summed E-state index contributed by atoms with van der Waals surface area (Å²) < 4.78 is 0. The summed E-state index contributed by atoms with van der Waals surface area (Å²) in [5.41, 5.74) is 1.32. The second-order valence-corrected chi connectivity index (χ2v) is 5.63. The average molecular weight is 265 g/mol. The molecule has 2 rings (SSSR count). The molecule has 0 unspecified atom stereocenters. The molecule has 1 saturated carbocycles. The summed E-state index contributed by atoms with van der Waals surface area (Å²) in [6.45, 7) is 3.96. The maximum absolute atomic E-state index is 12.1. The minimum atomic E-state index is -0.738. The van der Waals surface area contributed by atoms with Gasteiger partial charge in [-0.2, -0.15) is 5.10 Å². The van der Waals surface area contributed by atoms with Crippen LogP contribution in [-0.2, 0) is 0 Å². The van der Waals surface area contributed by atoms with Crippen LogP contribution in [0.4, 0.5) is 0 Å². The molecule has 1 aromatic rings. The number of amides is 1. The smallest absolute Gasteiger partial charge is 0.255 e. The number of aromatic amines is 1. The van der Waals surface area contributed by atoms with E-state index in [1.165, 1.54) is 12.8 Å². The number of aromatic nitrogens is 2. The molecule has 0 spiro atoms. The van der Waals surface area contributed by atoms with Crippen molar-refractivity contribution in [2.45, 2.75) is 58.0 Å². The van der Waals surface area contributed by atoms with Gasteiger partial charge in [0.25, 0.3) is 5.91 Å². The Morgan fingerprint density at radius 1 is 1.32 bits per heavy atom. The van der Waals surface area contributed by atoms with E-state index in [-0.39, 0.29) is 5.91 Å². The van der Waals surface area contributed by atoms with Gasteiger partial charge in [-0.1, -0.05) is 25.7 Å². The van der Waals surface area contributed by atoms with Gasteiger partial charge in [0.1, 0.15) is 0 Å². The fraction of sp³-hybridized carbons (Fsp3) is 0.714. The van der Waals surface area contributed by atoms with Crippen LogP contribution in [0.2, 0.25) is 0 Å². The molecule has 0 aliphatic heterocycles. The molecule has 1 fully saturated rings. The highest BCUT2D eigenvalue weighted by Crippen LogP contribution is 2.26. The molecular weight excluding hydrogens is 242 g/mol. The van der Waals surface area contributed by atoms with E-state index in [0.717, 1.165) is 31.4 Å². The SMILES string of the molecule is Cc1n[nH]c(C)c1C(=O)NCC1(O)CCCCCC1. The molecule has 1 heterocycles. The Morgan fingerprint density at radius 3 is 2.47 bits per heavy atom. The van der Waals surface area contributed by atoms with Gasteiger partial charge in [0.15, 0.2) is 0 Å². The molecule has 0 radical (unpaired) electrons. The van der Waals surface area contributed by atoms with Crippen molar-refractivity contribution in [1.29, 1.82) is 0 Å². The number of aliphatic hydroxyl groups is 1. The van der Waals surface area contributed by atoms with Crippen molar-refractivity contribution in [3.05, 3.63) is 17.0 Å². The van der Waals surface area contributed by atoms with E-state index in [2.05, 4.69) is 15.5 Å². The maximum atomic E-state index is 12.1. The topological polar surface area (TPSA) is 78.0 Å². The minimum Gasteiger partial charge on any atom is -0.388 e. The molecule has 0 atom stereocenters. The van der Waals surface area contributed by atoms with Gasteiger partial charge in [0.2, 0.25) is 0 Å². The summed E-state index contributed by atoms with van der Waals surface area (Å²) in [6, 6.07) is 0. The number of hydrogen-bond donors (Lipinski definition) is 3. The lowest BCUT2D eigenvalue weighted by atomic mass is 9.94. The number of carbonyl (C=O) groups excluding carboxylic acids is 1. The highest BCUT2D eigenvalue weighted by molar-refractivity contribution is 5.96. The van der Waals surface area contributed by atoms with E-state index in [1.807, 2.05) is 6.92 Å². The van der Waals surface area contributed by atoms with Crippen molar-refractivity contribution in [3.63, 3.8) is 0 Å². The van der Waals surface area contributed by atoms with Crippen LogP contribution in [0, 0.1) is 13.8 Å². The number of H-pyrrole nitrogens is 1. The zero-order chi connectivity index (χ0) is 13.9. The van der Waals surface area contributed by atoms with Gasteiger partial charge in [-0.25, -0.2) is 0 Å². The van der Waals surface area contributed by atoms with Crippen LogP contribution in [0.5, 0.6) is 0 Å². The molecule has 3 N–H and O–H groups in total. The van der Waals surface area contributed by atoms with Gasteiger partial charge >= 0.3 is 0 Å². The van der Waals surface area contributed by atoms with Crippen LogP contribution in [0.3, 0.4) is 0 Å². The molecule has 1 amide bonds. The second-order valence-electron chi connectivity index (χ2n) is 5.63. The van der Waals surface area contributed by atoms with Gasteiger partial charge in [-0.05, 0) is 26.7 Å². The number of nitrogens with one attached hydrogen (secondary N) is 2. The molecular formula is C14H23N3O2. The Balaban J connectivity index is 1.96. The van der Waals surface area contributed by atoms with Crippen LogP contribution in [0.25, 0.3) is 0 Å². The summed E-state index contributed by atoms with van der Waals surface area (Å²) in [5.74, 6) is -0.151. The van der Waals surface area contributed by atoms with Crippen LogP contribution >= 0.6 is 0 Å². The predicted molar refractivity (Wildman–Crippen MR) is 73.0 cm³/mol. The van der Waals surface area contributed by atoms with Crippen molar-refractivity contribution in [3.8, 4) is 0 Å². The predicted octanol–water partition coefficient (Wildman–Crippen LogP) is 1.84. The van der Waals surface area contributed by atoms with Crippen LogP contribution in [-0.4, -0.2) is 33.4 Å². The number of rotatable bonds is 3. The molecule has 1 aliphatic rings. The van der Waals surface area contributed by atoms with Gasteiger partial charge in [0, 0.05) is 12.2 Å². The zero-order valence-electron chi connectivity index (χ0n) is 11.8. The molecule has 19 heavy (non-hydrogen) atoms. The van der Waals surface area contributed by atoms with E-state index in [1.54, 1.807) is 6.92 Å². The number of carbonyl (C=O) groups is 1. The summed E-state index contributed by atoms with van der Waals surface area (Å²) in [5, 5.41) is 20.2. The summed E-state index contributed by atoms with van der Waals surface area (Å²) in [4.78, 5) is 12.1. The van der Waals surface area contributed by atoms with Crippen molar-refractivity contribution in [1.82, 2.24) is 15.5 Å². The first kappa shape index (κ1) is 14.1. The normalized spacial score (nSPS) is 18.9. The van der Waals surface area contributed by atoms with Crippen molar-refractivity contribution in [2.75, 3.05) is 6.54 Å². The highest BCUT2D eigenvalue weighted by Gasteiger charge is 2.29. The monoisotopic (exact) mass is 265 g/mol. The Hall–Kier alpha value is -1.36. The number of hydrogen-bond acceptors (Lipinski definition) is 3. The lowest BCUT2D eigenvalue weighted by molar-refractivity contribution is 0.0246. The Kier molecular flexibility index (Phi) is 4.24. The molecule has 5 nitrogen and oxygen atoms in total. The third kappa shape index (κ3) is 3.35. The molecule has 0 aromatic carbocycles. The molecule has 0 saturated heterocycles. The third-order valence-corrected chi connectivity index (χ3v) is 3.97. The number of nitrogens with zero attached hydrogens (tertiary/aromatic N) is 1. The standard InChI is InChI=1S/C14H23N3O2/c1-10-12(11(2)17-16-10)13(18)15-9-14(19)7-5-3-4-6-8-14/h19H,3-9H2,1-2H3,(H,15,18)(H,16,17). The van der Waals surface area contributed by atoms with E-state index in [4.69, 9.17) is 0 Å². The number of aryl methyl sites for hydroxylation is 2. The van der Waals surface area contributed by atoms with E-state index < -0.39 is 5.60 Å². The van der Waals surface area contributed by atoms with Gasteiger partial charge < -0.3 is 10.4 Å². The van der Waals surface area contributed by atoms with Crippen molar-refractivity contribution >= 4 is 5.91 Å². The Labute approximate surface area is 113 Å². The Bertz CT molecular complexity index is 426. The molecule has 106 valence electrons. The summed E-state index contributed by atoms with van der Waals surface area (Å²) >= 11 is 0. The van der Waals surface area contributed by atoms with Crippen LogP contribution in [0.1, 0.15) is 60.3 Å². The first-order valence-corrected chi connectivity index (χ1v) is 7.04. The van der Waals surface area contributed by atoms with Crippen molar-refractivity contribution < 1.29 is 9.90 Å². The first-order chi connectivity index (χ1) is 9.02. The highest BCUT2D eigenvalue weighted by atomic mass is 16.3. The van der Waals surface area contributed by atoms with Gasteiger partial charge in [-0.15, -0.1) is 0 Å². The first-order valence-electron chi connectivity index (χ1n) is 7.04. The van der Waals surface area contributed by atoms with E-state index >= 15 is 0 Å². The summed E-state index contributed by atoms with van der Waals surface area (Å²) in [7, 11) is 0. The quantitative estimate of drug-likeness (QED) is 0.730. The lowest BCUT2D eigenvalue weighted by Crippen LogP contribution is -2.42. The maximum Gasteiger partial charge on any atom is 0.255 e. The fourth-order valence-corrected chi connectivity index (χ4v) is 2.78. The van der Waals surface area contributed by atoms with Gasteiger partial charge in [0.05, 0.1) is 16.9 Å². The van der Waals surface area contributed by atoms with E-state index in [0.29, 0.717) is 17.8 Å². The van der Waals surface area contributed by atoms with Crippen LogP contribution < -0.4 is 5.32 Å². The molecule has 0 bridgehead atoms. The van der Waals surface area contributed by atoms with Crippen molar-refractivity contribution in [2.24, 2.45) is 0 Å². The molecule has 1 aliphatic carbocycles. The molecule has 5 heteroatoms.